The summed E-state index contributed by atoms with van der Waals surface area (Å²) in [5.41, 5.74) is 1.02. The predicted molar refractivity (Wildman–Crippen MR) is 66.1 cm³/mol. The van der Waals surface area contributed by atoms with Crippen molar-refractivity contribution in [3.05, 3.63) is 24.3 Å². The van der Waals surface area contributed by atoms with Gasteiger partial charge in [-0.25, -0.2) is 0 Å². The van der Waals surface area contributed by atoms with Crippen molar-refractivity contribution in [3.63, 3.8) is 0 Å². The number of amides is 1. The van der Waals surface area contributed by atoms with Crippen LogP contribution < -0.4 is 16.1 Å². The topological polar surface area (TPSA) is 81.6 Å². The Morgan fingerprint density at radius 3 is 2.31 bits per heavy atom. The zero-order chi connectivity index (χ0) is 11.3. The average molecular weight is 244 g/mol. The number of anilines is 1. The van der Waals surface area contributed by atoms with Gasteiger partial charge in [-0.1, -0.05) is 12.1 Å². The summed E-state index contributed by atoms with van der Waals surface area (Å²) >= 11 is 0. The summed E-state index contributed by atoms with van der Waals surface area (Å²) in [5.74, 6) is -0.144. The molecule has 1 aromatic rings. The molecule has 0 aromatic heterocycles. The fraction of sp³-hybridized carbons (Fsp3) is 0.222. The summed E-state index contributed by atoms with van der Waals surface area (Å²) in [6, 6.07) is 6.31. The van der Waals surface area contributed by atoms with Gasteiger partial charge in [0.25, 0.3) is 0 Å². The second-order valence-electron chi connectivity index (χ2n) is 3.07. The van der Waals surface area contributed by atoms with E-state index in [4.69, 9.17) is 10.0 Å². The third-order valence-electron chi connectivity index (χ3n) is 1.83. The van der Waals surface area contributed by atoms with E-state index in [9.17, 15) is 4.79 Å². The molecule has 0 aliphatic rings. The minimum Gasteiger partial charge on any atom is -0.423 e. The van der Waals surface area contributed by atoms with Crippen LogP contribution in [0.25, 0.3) is 0 Å². The number of benzene rings is 1. The van der Waals surface area contributed by atoms with E-state index in [-0.39, 0.29) is 24.9 Å². The molecule has 0 fully saturated rings. The van der Waals surface area contributed by atoms with Crippen molar-refractivity contribution >= 4 is 36.6 Å². The molecule has 0 bridgehead atoms. The first-order valence-electron chi connectivity index (χ1n) is 4.54. The lowest BCUT2D eigenvalue weighted by atomic mass is 9.80. The highest BCUT2D eigenvalue weighted by Crippen LogP contribution is 2.03. The van der Waals surface area contributed by atoms with Gasteiger partial charge in [0.1, 0.15) is 0 Å². The van der Waals surface area contributed by atoms with Gasteiger partial charge in [0, 0.05) is 5.69 Å². The van der Waals surface area contributed by atoms with Crippen LogP contribution in [0.2, 0.25) is 0 Å². The molecule has 4 N–H and O–H groups in total. The van der Waals surface area contributed by atoms with Crippen molar-refractivity contribution in [1.82, 2.24) is 5.32 Å². The van der Waals surface area contributed by atoms with E-state index in [1.165, 1.54) is 0 Å². The molecule has 0 atom stereocenters. The summed E-state index contributed by atoms with van der Waals surface area (Å²) in [4.78, 5) is 11.2. The summed E-state index contributed by atoms with van der Waals surface area (Å²) < 4.78 is 0. The molecule has 0 saturated heterocycles. The average Bonchev–Trinajstić information content (AvgIpc) is 2.18. The summed E-state index contributed by atoms with van der Waals surface area (Å²) in [5, 5.41) is 23.0. The molecule has 0 radical (unpaired) electrons. The van der Waals surface area contributed by atoms with Crippen molar-refractivity contribution in [2.75, 3.05) is 18.9 Å². The van der Waals surface area contributed by atoms with Crippen molar-refractivity contribution in [2.45, 2.75) is 0 Å². The standard InChI is InChI=1S/C9H13BN2O3.ClH/c1-11-6-9(13)12-8-4-2-7(3-5-8)10(14)15;/h2-5,11,14-15H,6H2,1H3,(H,12,13);1H. The Morgan fingerprint density at radius 2 is 1.88 bits per heavy atom. The summed E-state index contributed by atoms with van der Waals surface area (Å²) in [6.07, 6.45) is 0. The molecule has 0 saturated carbocycles. The van der Waals surface area contributed by atoms with Crippen molar-refractivity contribution < 1.29 is 14.8 Å². The maximum atomic E-state index is 11.2. The normalized spacial score (nSPS) is 9.19. The smallest absolute Gasteiger partial charge is 0.423 e. The number of carbonyl (C=O) groups excluding carboxylic acids is 1. The van der Waals surface area contributed by atoms with Gasteiger partial charge in [-0.15, -0.1) is 12.4 Å². The van der Waals surface area contributed by atoms with Gasteiger partial charge < -0.3 is 20.7 Å². The van der Waals surface area contributed by atoms with Gasteiger partial charge in [-0.3, -0.25) is 4.79 Å². The number of hydrogen-bond donors (Lipinski definition) is 4. The Balaban J connectivity index is 0.00000225. The Bertz CT molecular complexity index is 332. The molecule has 88 valence electrons. The fourth-order valence-corrected chi connectivity index (χ4v) is 1.10. The maximum Gasteiger partial charge on any atom is 0.488 e. The van der Waals surface area contributed by atoms with E-state index in [2.05, 4.69) is 10.6 Å². The first-order chi connectivity index (χ1) is 7.13. The molecule has 0 heterocycles. The zero-order valence-corrected chi connectivity index (χ0v) is 9.62. The van der Waals surface area contributed by atoms with Crippen LogP contribution in [0.15, 0.2) is 24.3 Å². The van der Waals surface area contributed by atoms with Crippen LogP contribution in [0.4, 0.5) is 5.69 Å². The van der Waals surface area contributed by atoms with Crippen LogP contribution in [0.5, 0.6) is 0 Å². The highest BCUT2D eigenvalue weighted by atomic mass is 35.5. The largest absolute Gasteiger partial charge is 0.488 e. The second-order valence-corrected chi connectivity index (χ2v) is 3.07. The number of nitrogens with one attached hydrogen (secondary N) is 2. The highest BCUT2D eigenvalue weighted by Gasteiger charge is 2.09. The van der Waals surface area contributed by atoms with E-state index in [0.29, 0.717) is 11.2 Å². The number of hydrogen-bond acceptors (Lipinski definition) is 4. The van der Waals surface area contributed by atoms with E-state index in [1.54, 1.807) is 31.3 Å². The Morgan fingerprint density at radius 1 is 1.31 bits per heavy atom. The molecule has 1 rings (SSSR count). The van der Waals surface area contributed by atoms with Gasteiger partial charge in [0.2, 0.25) is 5.91 Å². The molecular formula is C9H14BClN2O3. The number of rotatable bonds is 4. The van der Waals surface area contributed by atoms with Gasteiger partial charge >= 0.3 is 7.12 Å². The minimum atomic E-state index is -1.48. The van der Waals surface area contributed by atoms with Crippen molar-refractivity contribution in [1.29, 1.82) is 0 Å². The Kier molecular flexibility index (Phi) is 6.75. The Labute approximate surface area is 100 Å². The molecule has 1 aromatic carbocycles. The van der Waals surface area contributed by atoms with E-state index in [1.807, 2.05) is 0 Å². The highest BCUT2D eigenvalue weighted by molar-refractivity contribution is 6.58. The lowest BCUT2D eigenvalue weighted by molar-refractivity contribution is -0.115. The quantitative estimate of drug-likeness (QED) is 0.509. The molecule has 0 aliphatic heterocycles. The van der Waals surface area contributed by atoms with Crippen LogP contribution in [0, 0.1) is 0 Å². The van der Waals surface area contributed by atoms with Crippen LogP contribution in [-0.2, 0) is 4.79 Å². The zero-order valence-electron chi connectivity index (χ0n) is 8.80. The molecule has 0 unspecified atom stereocenters. The number of carbonyl (C=O) groups is 1. The van der Waals surface area contributed by atoms with E-state index >= 15 is 0 Å². The molecular weight excluding hydrogens is 230 g/mol. The third-order valence-corrected chi connectivity index (χ3v) is 1.83. The fourth-order valence-electron chi connectivity index (χ4n) is 1.10. The first-order valence-corrected chi connectivity index (χ1v) is 4.54. The van der Waals surface area contributed by atoms with Crippen LogP contribution in [0.1, 0.15) is 0 Å². The minimum absolute atomic E-state index is 0. The maximum absolute atomic E-state index is 11.2. The van der Waals surface area contributed by atoms with Crippen LogP contribution in [-0.4, -0.2) is 36.7 Å². The number of likely N-dealkylation sites (N-methyl/N-ethyl adjacent to an activating group) is 1. The lowest BCUT2D eigenvalue weighted by Crippen LogP contribution is -2.30. The van der Waals surface area contributed by atoms with Crippen molar-refractivity contribution in [3.8, 4) is 0 Å². The molecule has 1 amide bonds. The summed E-state index contributed by atoms with van der Waals surface area (Å²) in [6.45, 7) is 0.240. The van der Waals surface area contributed by atoms with Gasteiger partial charge in [-0.05, 0) is 24.6 Å². The Hall–Kier alpha value is -1.08. The lowest BCUT2D eigenvalue weighted by Gasteiger charge is -2.05. The monoisotopic (exact) mass is 244 g/mol. The number of halogens is 1. The molecule has 7 heteroatoms. The van der Waals surface area contributed by atoms with Gasteiger partial charge in [-0.2, -0.15) is 0 Å². The second kappa shape index (κ2) is 7.24. The van der Waals surface area contributed by atoms with Gasteiger partial charge in [0.15, 0.2) is 0 Å². The summed E-state index contributed by atoms with van der Waals surface area (Å²) in [7, 11) is 0.206. The molecule has 5 nitrogen and oxygen atoms in total. The molecule has 0 aliphatic carbocycles. The molecule has 16 heavy (non-hydrogen) atoms. The van der Waals surface area contributed by atoms with Crippen LogP contribution >= 0.6 is 12.4 Å². The first kappa shape index (κ1) is 14.9. The van der Waals surface area contributed by atoms with Crippen LogP contribution in [0.3, 0.4) is 0 Å². The van der Waals surface area contributed by atoms with Crippen molar-refractivity contribution in [2.24, 2.45) is 0 Å². The predicted octanol–water partition coefficient (Wildman–Crippen LogP) is -1.05. The van der Waals surface area contributed by atoms with E-state index in [0.717, 1.165) is 0 Å². The molecule has 0 spiro atoms. The SMILES string of the molecule is CNCC(=O)Nc1ccc(B(O)O)cc1.Cl. The third kappa shape index (κ3) is 4.63. The van der Waals surface area contributed by atoms with Gasteiger partial charge in [0.05, 0.1) is 6.54 Å². The van der Waals surface area contributed by atoms with E-state index < -0.39 is 7.12 Å².